The zero-order chi connectivity index (χ0) is 20.0. The number of carbonyl (C=O) groups is 2. The molecule has 142 valence electrons. The van der Waals surface area contributed by atoms with Gasteiger partial charge in [0.05, 0.1) is 23.2 Å². The van der Waals surface area contributed by atoms with Gasteiger partial charge < -0.3 is 10.6 Å². The first-order chi connectivity index (χ1) is 12.7. The number of anilines is 2. The Bertz CT molecular complexity index is 970. The number of amides is 2. The van der Waals surface area contributed by atoms with E-state index in [4.69, 9.17) is 0 Å². The second-order valence-corrected chi connectivity index (χ2v) is 7.79. The molecule has 0 saturated carbocycles. The lowest BCUT2D eigenvalue weighted by Gasteiger charge is -2.17. The Labute approximate surface area is 158 Å². The number of hydrogen-bond acceptors (Lipinski definition) is 4. The summed E-state index contributed by atoms with van der Waals surface area (Å²) in [4.78, 5) is 24.8. The van der Waals surface area contributed by atoms with Crippen LogP contribution < -0.4 is 14.9 Å². The highest BCUT2D eigenvalue weighted by atomic mass is 32.2. The van der Waals surface area contributed by atoms with Crippen LogP contribution in [0.25, 0.3) is 0 Å². The molecule has 0 fully saturated rings. The third-order valence-corrected chi connectivity index (χ3v) is 5.00. The van der Waals surface area contributed by atoms with Crippen LogP contribution in [0.3, 0.4) is 0 Å². The van der Waals surface area contributed by atoms with Gasteiger partial charge in [-0.05, 0) is 30.3 Å². The van der Waals surface area contributed by atoms with Crippen LogP contribution in [0.4, 0.5) is 11.4 Å². The molecular formula is C19H21N3O4S. The van der Waals surface area contributed by atoms with Crippen molar-refractivity contribution in [1.82, 2.24) is 5.32 Å². The Morgan fingerprint density at radius 2 is 1.81 bits per heavy atom. The maximum absolute atomic E-state index is 12.6. The van der Waals surface area contributed by atoms with Crippen LogP contribution in [-0.4, -0.2) is 40.1 Å². The Morgan fingerprint density at radius 1 is 1.11 bits per heavy atom. The van der Waals surface area contributed by atoms with Crippen molar-refractivity contribution in [3.63, 3.8) is 0 Å². The topological polar surface area (TPSA) is 95.6 Å². The van der Waals surface area contributed by atoms with E-state index in [0.29, 0.717) is 23.5 Å². The third kappa shape index (κ3) is 5.18. The summed E-state index contributed by atoms with van der Waals surface area (Å²) in [6.07, 6.45) is 2.64. The van der Waals surface area contributed by atoms with Gasteiger partial charge in [0.25, 0.3) is 11.8 Å². The predicted octanol–water partition coefficient (Wildman–Crippen LogP) is 2.25. The van der Waals surface area contributed by atoms with Gasteiger partial charge in [0.15, 0.2) is 0 Å². The quantitative estimate of drug-likeness (QED) is 0.713. The van der Waals surface area contributed by atoms with Crippen LogP contribution in [0, 0.1) is 0 Å². The number of rotatable bonds is 7. The van der Waals surface area contributed by atoms with Crippen molar-refractivity contribution in [2.45, 2.75) is 0 Å². The van der Waals surface area contributed by atoms with Gasteiger partial charge >= 0.3 is 0 Å². The first-order valence-corrected chi connectivity index (χ1v) is 9.92. The maximum atomic E-state index is 12.6. The number of nitrogens with zero attached hydrogens (tertiary/aromatic N) is 1. The van der Waals surface area contributed by atoms with Gasteiger partial charge in [0.2, 0.25) is 10.0 Å². The molecule has 2 amide bonds. The van der Waals surface area contributed by atoms with Gasteiger partial charge in [0, 0.05) is 19.2 Å². The third-order valence-electron chi connectivity index (χ3n) is 3.80. The van der Waals surface area contributed by atoms with Gasteiger partial charge in [-0.25, -0.2) is 8.42 Å². The number of carbonyl (C=O) groups excluding carboxylic acids is 2. The van der Waals surface area contributed by atoms with Crippen LogP contribution in [-0.2, 0) is 10.0 Å². The van der Waals surface area contributed by atoms with Crippen molar-refractivity contribution < 1.29 is 18.0 Å². The number of sulfonamides is 1. The summed E-state index contributed by atoms with van der Waals surface area (Å²) in [6.45, 7) is 3.85. The van der Waals surface area contributed by atoms with E-state index in [1.807, 2.05) is 0 Å². The molecule has 2 N–H and O–H groups in total. The summed E-state index contributed by atoms with van der Waals surface area (Å²) in [6, 6.07) is 12.8. The fraction of sp³-hybridized carbons (Fsp3) is 0.158. The van der Waals surface area contributed by atoms with Crippen LogP contribution in [0.1, 0.15) is 20.7 Å². The Morgan fingerprint density at radius 3 is 2.48 bits per heavy atom. The Hall–Kier alpha value is -3.13. The van der Waals surface area contributed by atoms with E-state index in [1.165, 1.54) is 13.1 Å². The average molecular weight is 387 g/mol. The van der Waals surface area contributed by atoms with Crippen molar-refractivity contribution in [1.29, 1.82) is 0 Å². The van der Waals surface area contributed by atoms with Crippen LogP contribution in [0.2, 0.25) is 0 Å². The Balaban J connectivity index is 2.26. The molecule has 0 heterocycles. The molecule has 0 unspecified atom stereocenters. The van der Waals surface area contributed by atoms with E-state index in [-0.39, 0.29) is 11.5 Å². The van der Waals surface area contributed by atoms with E-state index in [0.717, 1.165) is 10.6 Å². The largest absolute Gasteiger partial charge is 0.349 e. The normalized spacial score (nSPS) is 10.7. The van der Waals surface area contributed by atoms with E-state index in [1.54, 1.807) is 48.5 Å². The highest BCUT2D eigenvalue weighted by Crippen LogP contribution is 2.20. The summed E-state index contributed by atoms with van der Waals surface area (Å²) in [5.74, 6) is -0.793. The van der Waals surface area contributed by atoms with Gasteiger partial charge in [0.1, 0.15) is 0 Å². The number of hydrogen-bond donors (Lipinski definition) is 2. The molecule has 0 spiro atoms. The van der Waals surface area contributed by atoms with E-state index in [9.17, 15) is 18.0 Å². The minimum atomic E-state index is -3.44. The fourth-order valence-electron chi connectivity index (χ4n) is 2.28. The van der Waals surface area contributed by atoms with Gasteiger partial charge in [-0.2, -0.15) is 0 Å². The van der Waals surface area contributed by atoms with Crippen LogP contribution in [0.5, 0.6) is 0 Å². The molecule has 27 heavy (non-hydrogen) atoms. The molecule has 0 aliphatic carbocycles. The molecule has 0 saturated heterocycles. The fourth-order valence-corrected chi connectivity index (χ4v) is 2.78. The molecule has 0 radical (unpaired) electrons. The molecule has 0 atom stereocenters. The van der Waals surface area contributed by atoms with Crippen molar-refractivity contribution >= 4 is 33.2 Å². The van der Waals surface area contributed by atoms with Crippen LogP contribution >= 0.6 is 0 Å². The first-order valence-electron chi connectivity index (χ1n) is 8.07. The van der Waals surface area contributed by atoms with Gasteiger partial charge in [-0.15, -0.1) is 6.58 Å². The molecule has 0 aromatic heterocycles. The van der Waals surface area contributed by atoms with Gasteiger partial charge in [-0.1, -0.05) is 24.3 Å². The monoisotopic (exact) mass is 387 g/mol. The second kappa shape index (κ2) is 8.50. The van der Waals surface area contributed by atoms with Crippen LogP contribution in [0.15, 0.2) is 61.2 Å². The van der Waals surface area contributed by atoms with Crippen molar-refractivity contribution in [2.24, 2.45) is 0 Å². The summed E-state index contributed by atoms with van der Waals surface area (Å²) in [5.41, 5.74) is 1.30. The highest BCUT2D eigenvalue weighted by Gasteiger charge is 2.16. The standard InChI is InChI=1S/C19H21N3O4S/c1-4-12-20-19(24)16-10-5-6-11-17(16)21-18(23)14-8-7-9-15(13-14)22(2)27(3,25)26/h4-11,13H,1,12H2,2-3H3,(H,20,24)(H,21,23). The second-order valence-electron chi connectivity index (χ2n) is 5.78. The lowest BCUT2D eigenvalue weighted by molar-refractivity contribution is 0.0959. The molecule has 7 nitrogen and oxygen atoms in total. The Kier molecular flexibility index (Phi) is 6.36. The molecule has 2 aromatic rings. The zero-order valence-corrected chi connectivity index (χ0v) is 15.9. The number of benzene rings is 2. The molecule has 0 aliphatic rings. The van der Waals surface area contributed by atoms with E-state index >= 15 is 0 Å². The molecule has 2 aromatic carbocycles. The summed E-state index contributed by atoms with van der Waals surface area (Å²) in [7, 11) is -2.04. The summed E-state index contributed by atoms with van der Waals surface area (Å²) < 4.78 is 24.5. The van der Waals surface area contributed by atoms with Gasteiger partial charge in [-0.3, -0.25) is 13.9 Å². The molecule has 0 bridgehead atoms. The minimum Gasteiger partial charge on any atom is -0.349 e. The molecule has 0 aliphatic heterocycles. The number of nitrogens with one attached hydrogen (secondary N) is 2. The smallest absolute Gasteiger partial charge is 0.255 e. The molecule has 2 rings (SSSR count). The number of para-hydroxylation sites is 1. The lowest BCUT2D eigenvalue weighted by Crippen LogP contribution is -2.26. The minimum absolute atomic E-state index is 0.268. The van der Waals surface area contributed by atoms with E-state index < -0.39 is 15.9 Å². The maximum Gasteiger partial charge on any atom is 0.255 e. The first kappa shape index (κ1) is 20.2. The van der Waals surface area contributed by atoms with Crippen molar-refractivity contribution in [2.75, 3.05) is 29.5 Å². The highest BCUT2D eigenvalue weighted by molar-refractivity contribution is 7.92. The summed E-state index contributed by atoms with van der Waals surface area (Å²) >= 11 is 0. The SMILES string of the molecule is C=CCNC(=O)c1ccccc1NC(=O)c1cccc(N(C)S(C)(=O)=O)c1. The zero-order valence-electron chi connectivity index (χ0n) is 15.1. The van der Waals surface area contributed by atoms with Crippen molar-refractivity contribution in [3.8, 4) is 0 Å². The summed E-state index contributed by atoms with van der Waals surface area (Å²) in [5, 5.41) is 5.36. The predicted molar refractivity (Wildman–Crippen MR) is 107 cm³/mol. The van der Waals surface area contributed by atoms with Crippen molar-refractivity contribution in [3.05, 3.63) is 72.3 Å². The molecular weight excluding hydrogens is 366 g/mol. The average Bonchev–Trinajstić information content (AvgIpc) is 2.65. The lowest BCUT2D eigenvalue weighted by atomic mass is 10.1. The molecule has 8 heteroatoms. The van der Waals surface area contributed by atoms with E-state index in [2.05, 4.69) is 17.2 Å².